The van der Waals surface area contributed by atoms with E-state index < -0.39 is 0 Å². The fourth-order valence-electron chi connectivity index (χ4n) is 2.60. The molecule has 0 fully saturated rings. The lowest BCUT2D eigenvalue weighted by molar-refractivity contribution is -0.121. The number of hydrogen-bond acceptors (Lipinski definition) is 3. The molecule has 0 radical (unpaired) electrons. The van der Waals surface area contributed by atoms with Gasteiger partial charge in [0, 0.05) is 11.4 Å². The number of rotatable bonds is 6. The van der Waals surface area contributed by atoms with Gasteiger partial charge in [0.1, 0.15) is 0 Å². The van der Waals surface area contributed by atoms with Gasteiger partial charge < -0.3 is 5.32 Å². The Balaban J connectivity index is 1.48. The third kappa shape index (κ3) is 4.34. The van der Waals surface area contributed by atoms with Gasteiger partial charge in [-0.15, -0.1) is 11.3 Å². The van der Waals surface area contributed by atoms with E-state index in [1.165, 1.54) is 4.70 Å². The molecule has 0 bridgehead atoms. The molecule has 124 valence electrons. The van der Waals surface area contributed by atoms with Crippen LogP contribution in [0.15, 0.2) is 48.5 Å². The smallest absolute Gasteiger partial charge is 0.220 e. The first-order valence-electron chi connectivity index (χ1n) is 8.01. The van der Waals surface area contributed by atoms with Gasteiger partial charge in [0.05, 0.1) is 21.3 Å². The molecule has 0 spiro atoms. The van der Waals surface area contributed by atoms with Crippen molar-refractivity contribution in [3.05, 3.63) is 64.1 Å². The van der Waals surface area contributed by atoms with Gasteiger partial charge in [-0.3, -0.25) is 4.79 Å². The van der Waals surface area contributed by atoms with E-state index >= 15 is 0 Å². The largest absolute Gasteiger partial charge is 0.350 e. The summed E-state index contributed by atoms with van der Waals surface area (Å²) in [7, 11) is 0. The molecule has 0 aliphatic heterocycles. The molecule has 0 unspecified atom stereocenters. The average molecular weight is 359 g/mol. The van der Waals surface area contributed by atoms with Crippen LogP contribution >= 0.6 is 22.9 Å². The van der Waals surface area contributed by atoms with Crippen LogP contribution in [0.1, 0.15) is 36.4 Å². The molecule has 3 aromatic rings. The fourth-order valence-corrected chi connectivity index (χ4v) is 3.81. The van der Waals surface area contributed by atoms with Crippen LogP contribution in [0.3, 0.4) is 0 Å². The summed E-state index contributed by atoms with van der Waals surface area (Å²) in [6.45, 7) is 1.97. The van der Waals surface area contributed by atoms with Crippen molar-refractivity contribution in [3.8, 4) is 0 Å². The molecule has 0 saturated heterocycles. The molecule has 5 heteroatoms. The first kappa shape index (κ1) is 16.9. The van der Waals surface area contributed by atoms with Gasteiger partial charge in [-0.25, -0.2) is 4.98 Å². The number of nitrogens with one attached hydrogen (secondary N) is 1. The van der Waals surface area contributed by atoms with E-state index in [9.17, 15) is 4.79 Å². The van der Waals surface area contributed by atoms with Crippen LogP contribution in [-0.4, -0.2) is 10.9 Å². The van der Waals surface area contributed by atoms with Gasteiger partial charge in [0.25, 0.3) is 0 Å². The highest BCUT2D eigenvalue weighted by Gasteiger charge is 2.10. The Morgan fingerprint density at radius 3 is 2.88 bits per heavy atom. The molecule has 1 aromatic heterocycles. The van der Waals surface area contributed by atoms with Gasteiger partial charge in [0.2, 0.25) is 5.91 Å². The number of carbonyl (C=O) groups is 1. The van der Waals surface area contributed by atoms with Gasteiger partial charge >= 0.3 is 0 Å². The van der Waals surface area contributed by atoms with Crippen molar-refractivity contribution in [2.24, 2.45) is 0 Å². The van der Waals surface area contributed by atoms with E-state index in [0.717, 1.165) is 28.9 Å². The highest BCUT2D eigenvalue weighted by Crippen LogP contribution is 2.23. The minimum atomic E-state index is -0.0429. The number of benzene rings is 2. The second-order valence-corrected chi connectivity index (χ2v) is 7.32. The Kier molecular flexibility index (Phi) is 5.48. The number of fused-ring (bicyclic) bond motifs is 1. The average Bonchev–Trinajstić information content (AvgIpc) is 2.97. The van der Waals surface area contributed by atoms with Crippen LogP contribution in [0.25, 0.3) is 10.2 Å². The number of carbonyl (C=O) groups excluding carboxylic acids is 1. The fraction of sp³-hybridized carbons (Fsp3) is 0.263. The maximum Gasteiger partial charge on any atom is 0.220 e. The lowest BCUT2D eigenvalue weighted by Crippen LogP contribution is -2.26. The summed E-state index contributed by atoms with van der Waals surface area (Å²) in [6.07, 6.45) is 2.13. The number of para-hydroxylation sites is 1. The van der Waals surface area contributed by atoms with E-state index in [4.69, 9.17) is 11.6 Å². The summed E-state index contributed by atoms with van der Waals surface area (Å²) in [5.41, 5.74) is 2.05. The number of thiazole rings is 1. The van der Waals surface area contributed by atoms with Crippen LogP contribution < -0.4 is 5.32 Å². The van der Waals surface area contributed by atoms with Crippen molar-refractivity contribution in [1.29, 1.82) is 0 Å². The number of aryl methyl sites for hydroxylation is 1. The highest BCUT2D eigenvalue weighted by molar-refractivity contribution is 7.18. The van der Waals surface area contributed by atoms with Crippen LogP contribution in [-0.2, 0) is 11.2 Å². The molecule has 0 aliphatic carbocycles. The number of hydrogen-bond donors (Lipinski definition) is 1. The van der Waals surface area contributed by atoms with E-state index in [1.807, 2.05) is 49.4 Å². The predicted octanol–water partition coefficient (Wildman–Crippen LogP) is 5.15. The molecule has 3 nitrogen and oxygen atoms in total. The molecule has 24 heavy (non-hydrogen) atoms. The lowest BCUT2D eigenvalue weighted by Gasteiger charge is -2.14. The van der Waals surface area contributed by atoms with Gasteiger partial charge in [0.15, 0.2) is 0 Å². The molecule has 1 amide bonds. The zero-order valence-electron chi connectivity index (χ0n) is 13.5. The summed E-state index contributed by atoms with van der Waals surface area (Å²) in [6, 6.07) is 15.7. The first-order valence-corrected chi connectivity index (χ1v) is 9.20. The molecule has 1 N–H and O–H groups in total. The van der Waals surface area contributed by atoms with Crippen molar-refractivity contribution >= 4 is 39.1 Å². The van der Waals surface area contributed by atoms with E-state index in [1.54, 1.807) is 11.3 Å². The van der Waals surface area contributed by atoms with Crippen LogP contribution in [0.4, 0.5) is 0 Å². The van der Waals surface area contributed by atoms with E-state index in [2.05, 4.69) is 16.4 Å². The van der Waals surface area contributed by atoms with Crippen molar-refractivity contribution < 1.29 is 4.79 Å². The zero-order valence-corrected chi connectivity index (χ0v) is 15.0. The number of nitrogens with zero attached hydrogens (tertiary/aromatic N) is 1. The second kappa shape index (κ2) is 7.77. The van der Waals surface area contributed by atoms with E-state index in [-0.39, 0.29) is 11.9 Å². The SMILES string of the molecule is C[C@@H](NC(=O)CCCc1nc2ccccc2s1)c1cccc(Cl)c1. The number of halogens is 1. The summed E-state index contributed by atoms with van der Waals surface area (Å²) < 4.78 is 1.20. The van der Waals surface area contributed by atoms with Gasteiger partial charge in [-0.05, 0) is 49.6 Å². The lowest BCUT2D eigenvalue weighted by atomic mass is 10.1. The maximum atomic E-state index is 12.1. The van der Waals surface area contributed by atoms with E-state index in [0.29, 0.717) is 11.4 Å². The van der Waals surface area contributed by atoms with Crippen LogP contribution in [0.5, 0.6) is 0 Å². The van der Waals surface area contributed by atoms with Gasteiger partial charge in [-0.2, -0.15) is 0 Å². The molecule has 2 aromatic carbocycles. The third-order valence-corrected chi connectivity index (χ3v) is 5.19. The summed E-state index contributed by atoms with van der Waals surface area (Å²) in [5.74, 6) is 0.0589. The second-order valence-electron chi connectivity index (χ2n) is 5.77. The van der Waals surface area contributed by atoms with Gasteiger partial charge in [-0.1, -0.05) is 35.9 Å². The summed E-state index contributed by atoms with van der Waals surface area (Å²) in [5, 5.41) is 4.80. The molecular formula is C19H19ClN2OS. The monoisotopic (exact) mass is 358 g/mol. The number of aromatic nitrogens is 1. The molecule has 3 rings (SSSR count). The Hall–Kier alpha value is -1.91. The molecule has 1 heterocycles. The quantitative estimate of drug-likeness (QED) is 0.662. The molecule has 1 atom stereocenters. The Morgan fingerprint density at radius 1 is 1.25 bits per heavy atom. The third-order valence-electron chi connectivity index (χ3n) is 3.86. The normalized spacial score (nSPS) is 12.2. The minimum absolute atomic E-state index is 0.0429. The Labute approximate surface area is 150 Å². The highest BCUT2D eigenvalue weighted by atomic mass is 35.5. The van der Waals surface area contributed by atoms with Crippen LogP contribution in [0, 0.1) is 0 Å². The minimum Gasteiger partial charge on any atom is -0.350 e. The summed E-state index contributed by atoms with van der Waals surface area (Å²) in [4.78, 5) is 16.7. The summed E-state index contributed by atoms with van der Waals surface area (Å²) >= 11 is 7.70. The molecule has 0 aliphatic rings. The first-order chi connectivity index (χ1) is 11.6. The van der Waals surface area contributed by atoms with Crippen molar-refractivity contribution in [2.75, 3.05) is 0 Å². The number of amides is 1. The zero-order chi connectivity index (χ0) is 16.9. The van der Waals surface area contributed by atoms with Crippen molar-refractivity contribution in [1.82, 2.24) is 10.3 Å². The topological polar surface area (TPSA) is 42.0 Å². The van der Waals surface area contributed by atoms with Crippen molar-refractivity contribution in [3.63, 3.8) is 0 Å². The molecular weight excluding hydrogens is 340 g/mol. The predicted molar refractivity (Wildman–Crippen MR) is 101 cm³/mol. The van der Waals surface area contributed by atoms with Crippen LogP contribution in [0.2, 0.25) is 5.02 Å². The standard InChI is InChI=1S/C19H19ClN2OS/c1-13(14-6-4-7-15(20)12-14)21-18(23)10-5-11-19-22-16-8-2-3-9-17(16)24-19/h2-4,6-9,12-13H,5,10-11H2,1H3,(H,21,23)/t13-/m1/s1. The maximum absolute atomic E-state index is 12.1. The Bertz CT molecular complexity index is 813. The van der Waals surface area contributed by atoms with Crippen molar-refractivity contribution in [2.45, 2.75) is 32.2 Å². The Morgan fingerprint density at radius 2 is 2.08 bits per heavy atom. The molecule has 0 saturated carbocycles.